The van der Waals surface area contributed by atoms with Crippen molar-refractivity contribution in [2.75, 3.05) is 20.1 Å². The largest absolute Gasteiger partial charge is 0.355 e. The molecule has 1 atom stereocenters. The van der Waals surface area contributed by atoms with E-state index in [0.717, 1.165) is 23.9 Å². The molecule has 0 heterocycles. The van der Waals surface area contributed by atoms with Gasteiger partial charge in [0.2, 0.25) is 5.91 Å². The molecule has 1 saturated carbocycles. The molecule has 3 nitrogen and oxygen atoms in total. The highest BCUT2D eigenvalue weighted by Crippen LogP contribution is 2.49. The molecule has 1 amide bonds. The van der Waals surface area contributed by atoms with Crippen LogP contribution in [0.2, 0.25) is 0 Å². The van der Waals surface area contributed by atoms with Gasteiger partial charge in [-0.25, -0.2) is 0 Å². The minimum Gasteiger partial charge on any atom is -0.355 e. The van der Waals surface area contributed by atoms with Gasteiger partial charge in [0.25, 0.3) is 0 Å². The van der Waals surface area contributed by atoms with Crippen molar-refractivity contribution in [3.05, 3.63) is 34.3 Å². The van der Waals surface area contributed by atoms with Crippen molar-refractivity contribution < 1.29 is 4.79 Å². The fraction of sp³-hybridized carbons (Fsp3) is 0.533. The molecule has 20 heavy (non-hydrogen) atoms. The predicted octanol–water partition coefficient (Wildman–Crippen LogP) is 2.87. The van der Waals surface area contributed by atoms with Crippen molar-refractivity contribution in [2.45, 2.75) is 25.2 Å². The SMILES string of the molecule is CNCC(C)C(=O)NCC1(c2ccccc2Br)CC1.Cl. The van der Waals surface area contributed by atoms with Gasteiger partial charge in [0.15, 0.2) is 0 Å². The second-order valence-electron chi connectivity index (χ2n) is 5.44. The number of halogens is 2. The Balaban J connectivity index is 0.00000200. The first-order chi connectivity index (χ1) is 9.09. The van der Waals surface area contributed by atoms with Crippen LogP contribution in [0.3, 0.4) is 0 Å². The van der Waals surface area contributed by atoms with E-state index in [1.807, 2.05) is 20.0 Å². The lowest BCUT2D eigenvalue weighted by Gasteiger charge is -2.19. The summed E-state index contributed by atoms with van der Waals surface area (Å²) in [6.45, 7) is 3.40. The first-order valence-electron chi connectivity index (χ1n) is 6.76. The number of amides is 1. The molecule has 2 rings (SSSR count). The third kappa shape index (κ3) is 3.96. The van der Waals surface area contributed by atoms with Gasteiger partial charge < -0.3 is 10.6 Å². The molecule has 0 spiro atoms. The highest BCUT2D eigenvalue weighted by Gasteiger charge is 2.45. The summed E-state index contributed by atoms with van der Waals surface area (Å²) in [6, 6.07) is 8.31. The molecule has 0 radical (unpaired) electrons. The van der Waals surface area contributed by atoms with Crippen LogP contribution in [0, 0.1) is 5.92 Å². The summed E-state index contributed by atoms with van der Waals surface area (Å²) >= 11 is 3.61. The van der Waals surface area contributed by atoms with E-state index in [0.29, 0.717) is 6.54 Å². The minimum absolute atomic E-state index is 0. The predicted molar refractivity (Wildman–Crippen MR) is 88.4 cm³/mol. The molecule has 1 unspecified atom stereocenters. The van der Waals surface area contributed by atoms with E-state index < -0.39 is 0 Å². The lowest BCUT2D eigenvalue weighted by Crippen LogP contribution is -2.38. The number of hydrogen-bond donors (Lipinski definition) is 2. The van der Waals surface area contributed by atoms with Crippen molar-refractivity contribution in [3.63, 3.8) is 0 Å². The Bertz CT molecular complexity index is 463. The van der Waals surface area contributed by atoms with Crippen molar-refractivity contribution >= 4 is 34.2 Å². The van der Waals surface area contributed by atoms with E-state index in [9.17, 15) is 4.79 Å². The van der Waals surface area contributed by atoms with Gasteiger partial charge in [-0.3, -0.25) is 4.79 Å². The van der Waals surface area contributed by atoms with Gasteiger partial charge in [0.1, 0.15) is 0 Å². The standard InChI is InChI=1S/C15H21BrN2O.ClH/c1-11(9-17-2)14(19)18-10-15(7-8-15)12-5-3-4-6-13(12)16;/h3-6,11,17H,7-10H2,1-2H3,(H,18,19);1H. The van der Waals surface area contributed by atoms with Crippen LogP contribution in [0.25, 0.3) is 0 Å². The molecule has 0 aromatic heterocycles. The molecular weight excluding hydrogens is 340 g/mol. The zero-order chi connectivity index (χ0) is 13.9. The van der Waals surface area contributed by atoms with Crippen LogP contribution < -0.4 is 10.6 Å². The maximum atomic E-state index is 12.0. The van der Waals surface area contributed by atoms with E-state index >= 15 is 0 Å². The Morgan fingerprint density at radius 2 is 2.05 bits per heavy atom. The summed E-state index contributed by atoms with van der Waals surface area (Å²) in [7, 11) is 1.87. The zero-order valence-electron chi connectivity index (χ0n) is 11.9. The summed E-state index contributed by atoms with van der Waals surface area (Å²) in [5.74, 6) is 0.146. The van der Waals surface area contributed by atoms with Gasteiger partial charge in [-0.05, 0) is 31.5 Å². The van der Waals surface area contributed by atoms with Gasteiger partial charge in [-0.2, -0.15) is 0 Å². The second kappa shape index (κ2) is 7.43. The lowest BCUT2D eigenvalue weighted by atomic mass is 9.95. The van der Waals surface area contributed by atoms with Crippen LogP contribution in [0.15, 0.2) is 28.7 Å². The molecule has 0 saturated heterocycles. The smallest absolute Gasteiger partial charge is 0.224 e. The Kier molecular flexibility index (Phi) is 6.49. The van der Waals surface area contributed by atoms with Gasteiger partial charge in [-0.15, -0.1) is 12.4 Å². The zero-order valence-corrected chi connectivity index (χ0v) is 14.3. The first kappa shape index (κ1) is 17.5. The Morgan fingerprint density at radius 1 is 1.40 bits per heavy atom. The molecule has 0 bridgehead atoms. The molecule has 1 aliphatic carbocycles. The minimum atomic E-state index is 0. The van der Waals surface area contributed by atoms with Gasteiger partial charge in [0, 0.05) is 28.9 Å². The molecule has 5 heteroatoms. The van der Waals surface area contributed by atoms with E-state index in [4.69, 9.17) is 0 Å². The average molecular weight is 362 g/mol. The molecule has 2 N–H and O–H groups in total. The summed E-state index contributed by atoms with van der Waals surface area (Å²) in [4.78, 5) is 12.0. The van der Waals surface area contributed by atoms with Crippen molar-refractivity contribution in [2.24, 2.45) is 5.92 Å². The topological polar surface area (TPSA) is 41.1 Å². The van der Waals surface area contributed by atoms with E-state index in [2.05, 4.69) is 44.8 Å². The summed E-state index contributed by atoms with van der Waals surface area (Å²) in [5.41, 5.74) is 1.46. The second-order valence-corrected chi connectivity index (χ2v) is 6.29. The number of hydrogen-bond acceptors (Lipinski definition) is 2. The molecule has 0 aliphatic heterocycles. The normalized spacial score (nSPS) is 16.9. The van der Waals surface area contributed by atoms with Crippen molar-refractivity contribution in [1.29, 1.82) is 0 Å². The Labute approximate surface area is 135 Å². The van der Waals surface area contributed by atoms with Crippen LogP contribution in [0.4, 0.5) is 0 Å². The van der Waals surface area contributed by atoms with Crippen LogP contribution in [0.1, 0.15) is 25.3 Å². The van der Waals surface area contributed by atoms with Crippen LogP contribution in [-0.4, -0.2) is 26.0 Å². The summed E-state index contributed by atoms with van der Waals surface area (Å²) in [5, 5.41) is 6.13. The Morgan fingerprint density at radius 3 is 2.60 bits per heavy atom. The first-order valence-corrected chi connectivity index (χ1v) is 7.56. The van der Waals surface area contributed by atoms with Gasteiger partial charge >= 0.3 is 0 Å². The van der Waals surface area contributed by atoms with E-state index in [1.54, 1.807) is 0 Å². The van der Waals surface area contributed by atoms with E-state index in [1.165, 1.54) is 5.56 Å². The molecule has 1 aromatic carbocycles. The highest BCUT2D eigenvalue weighted by atomic mass is 79.9. The van der Waals surface area contributed by atoms with E-state index in [-0.39, 0.29) is 29.6 Å². The van der Waals surface area contributed by atoms with Crippen LogP contribution in [0.5, 0.6) is 0 Å². The number of carbonyl (C=O) groups excluding carboxylic acids is 1. The third-order valence-electron chi connectivity index (χ3n) is 3.86. The fourth-order valence-corrected chi connectivity index (χ4v) is 3.12. The van der Waals surface area contributed by atoms with Crippen LogP contribution >= 0.6 is 28.3 Å². The maximum absolute atomic E-state index is 12.0. The maximum Gasteiger partial charge on any atom is 0.224 e. The van der Waals surface area contributed by atoms with Gasteiger partial charge in [-0.1, -0.05) is 41.1 Å². The van der Waals surface area contributed by atoms with Gasteiger partial charge in [0.05, 0.1) is 0 Å². The third-order valence-corrected chi connectivity index (χ3v) is 4.55. The molecule has 112 valence electrons. The fourth-order valence-electron chi connectivity index (χ4n) is 2.41. The highest BCUT2D eigenvalue weighted by molar-refractivity contribution is 9.10. The average Bonchev–Trinajstić information content (AvgIpc) is 3.18. The lowest BCUT2D eigenvalue weighted by molar-refractivity contribution is -0.124. The molecular formula is C15H22BrClN2O. The molecule has 1 aromatic rings. The molecule has 1 fully saturated rings. The van der Waals surface area contributed by atoms with Crippen molar-refractivity contribution in [3.8, 4) is 0 Å². The Hall–Kier alpha value is -0.580. The monoisotopic (exact) mass is 360 g/mol. The number of carbonyl (C=O) groups is 1. The van der Waals surface area contributed by atoms with Crippen LogP contribution in [-0.2, 0) is 10.2 Å². The molecule has 1 aliphatic rings. The number of benzene rings is 1. The quantitative estimate of drug-likeness (QED) is 0.818. The number of rotatable bonds is 6. The summed E-state index contributed by atoms with van der Waals surface area (Å²) < 4.78 is 1.14. The van der Waals surface area contributed by atoms with Crippen molar-refractivity contribution in [1.82, 2.24) is 10.6 Å². The number of nitrogens with one attached hydrogen (secondary N) is 2. The summed E-state index contributed by atoms with van der Waals surface area (Å²) in [6.07, 6.45) is 2.30.